The van der Waals surface area contributed by atoms with Gasteiger partial charge in [0.25, 0.3) is 0 Å². The van der Waals surface area contributed by atoms with Gasteiger partial charge in [0.1, 0.15) is 5.75 Å². The predicted octanol–water partition coefficient (Wildman–Crippen LogP) is 4.66. The lowest BCUT2D eigenvalue weighted by Crippen LogP contribution is -1.95. The zero-order valence-electron chi connectivity index (χ0n) is 11.2. The van der Waals surface area contributed by atoms with Gasteiger partial charge in [-0.3, -0.25) is 0 Å². The quantitative estimate of drug-likeness (QED) is 0.689. The van der Waals surface area contributed by atoms with Gasteiger partial charge in [0.05, 0.1) is 0 Å². The summed E-state index contributed by atoms with van der Waals surface area (Å²) in [5, 5.41) is 10.0. The van der Waals surface area contributed by atoms with Crippen LogP contribution in [-0.2, 0) is 12.8 Å². The molecule has 0 fully saturated rings. The maximum absolute atomic E-state index is 10.0. The highest BCUT2D eigenvalue weighted by atomic mass is 16.3. The van der Waals surface area contributed by atoms with E-state index in [-0.39, 0.29) is 0 Å². The molecule has 1 nitrogen and oxygen atoms in total. The number of rotatable bonds is 7. The Morgan fingerprint density at radius 2 is 1.67 bits per heavy atom. The molecule has 0 unspecified atom stereocenters. The van der Waals surface area contributed by atoms with E-state index in [0.29, 0.717) is 5.75 Å². The van der Waals surface area contributed by atoms with Gasteiger partial charge in [-0.15, -0.1) is 13.2 Å². The number of aryl methyl sites for hydroxylation is 2. The summed E-state index contributed by atoms with van der Waals surface area (Å²) in [4.78, 5) is 0. The third kappa shape index (κ3) is 3.63. The van der Waals surface area contributed by atoms with Crippen molar-refractivity contribution in [1.82, 2.24) is 0 Å². The molecule has 18 heavy (non-hydrogen) atoms. The highest BCUT2D eigenvalue weighted by Gasteiger charge is 2.09. The first-order valence-electron chi connectivity index (χ1n) is 6.32. The van der Waals surface area contributed by atoms with E-state index >= 15 is 0 Å². The van der Waals surface area contributed by atoms with Crippen molar-refractivity contribution in [3.05, 3.63) is 60.7 Å². The minimum atomic E-state index is 0.376. The van der Waals surface area contributed by atoms with Crippen molar-refractivity contribution < 1.29 is 5.11 Å². The first-order valence-corrected chi connectivity index (χ1v) is 6.32. The summed E-state index contributed by atoms with van der Waals surface area (Å²) >= 11 is 0. The summed E-state index contributed by atoms with van der Waals surface area (Å²) in [6, 6.07) is 3.92. The molecule has 0 saturated carbocycles. The molecule has 0 aliphatic rings. The SMILES string of the molecule is C=CCCc1cc(C(=C)C)c(CCC=C)cc1O. The maximum atomic E-state index is 10.0. The van der Waals surface area contributed by atoms with Crippen LogP contribution < -0.4 is 0 Å². The third-order valence-electron chi connectivity index (χ3n) is 3.00. The molecule has 0 spiro atoms. The van der Waals surface area contributed by atoms with Gasteiger partial charge in [-0.25, -0.2) is 0 Å². The van der Waals surface area contributed by atoms with E-state index in [1.807, 2.05) is 25.1 Å². The topological polar surface area (TPSA) is 20.2 Å². The molecule has 0 heterocycles. The molecule has 1 aromatic rings. The van der Waals surface area contributed by atoms with Crippen molar-refractivity contribution in [2.24, 2.45) is 0 Å². The lowest BCUT2D eigenvalue weighted by molar-refractivity contribution is 0.467. The first kappa shape index (κ1) is 14.3. The van der Waals surface area contributed by atoms with E-state index in [9.17, 15) is 5.11 Å². The minimum Gasteiger partial charge on any atom is -0.508 e. The fourth-order valence-corrected chi connectivity index (χ4v) is 2.00. The predicted molar refractivity (Wildman–Crippen MR) is 79.9 cm³/mol. The summed E-state index contributed by atoms with van der Waals surface area (Å²) in [5.74, 6) is 0.376. The van der Waals surface area contributed by atoms with Crippen LogP contribution in [-0.4, -0.2) is 5.11 Å². The molecule has 0 aliphatic heterocycles. The van der Waals surface area contributed by atoms with Gasteiger partial charge in [0.2, 0.25) is 0 Å². The fourth-order valence-electron chi connectivity index (χ4n) is 2.00. The van der Waals surface area contributed by atoms with Crippen LogP contribution >= 0.6 is 0 Å². The Morgan fingerprint density at radius 3 is 2.17 bits per heavy atom. The van der Waals surface area contributed by atoms with Crippen LogP contribution in [0.1, 0.15) is 36.5 Å². The van der Waals surface area contributed by atoms with Crippen molar-refractivity contribution >= 4 is 5.57 Å². The molecule has 0 amide bonds. The standard InChI is InChI=1S/C17H22O/c1-5-7-9-14-12-17(18)15(10-8-6-2)11-16(14)13(3)4/h5-6,11-12,18H,1-3,7-10H2,4H3. The van der Waals surface area contributed by atoms with Crippen LogP contribution in [0.25, 0.3) is 5.57 Å². The van der Waals surface area contributed by atoms with E-state index in [4.69, 9.17) is 0 Å². The Bertz CT molecular complexity index is 455. The number of allylic oxidation sites excluding steroid dienone is 3. The van der Waals surface area contributed by atoms with Crippen molar-refractivity contribution in [1.29, 1.82) is 0 Å². The second-order valence-corrected chi connectivity index (χ2v) is 4.57. The molecule has 0 saturated heterocycles. The summed E-state index contributed by atoms with van der Waals surface area (Å²) in [6.07, 6.45) is 7.25. The normalized spacial score (nSPS) is 10.1. The van der Waals surface area contributed by atoms with Crippen LogP contribution in [0.3, 0.4) is 0 Å². The van der Waals surface area contributed by atoms with Crippen molar-refractivity contribution in [2.45, 2.75) is 32.6 Å². The molecular weight excluding hydrogens is 220 g/mol. The molecule has 0 aromatic heterocycles. The van der Waals surface area contributed by atoms with E-state index < -0.39 is 0 Å². The smallest absolute Gasteiger partial charge is 0.119 e. The average molecular weight is 242 g/mol. The zero-order chi connectivity index (χ0) is 13.5. The van der Waals surface area contributed by atoms with Gasteiger partial charge < -0.3 is 5.11 Å². The van der Waals surface area contributed by atoms with Gasteiger partial charge in [0.15, 0.2) is 0 Å². The molecule has 1 heteroatoms. The van der Waals surface area contributed by atoms with E-state index in [0.717, 1.165) is 47.9 Å². The van der Waals surface area contributed by atoms with Crippen LogP contribution in [0, 0.1) is 0 Å². The van der Waals surface area contributed by atoms with Gasteiger partial charge in [0, 0.05) is 0 Å². The number of phenolic OH excluding ortho intramolecular Hbond substituents is 1. The van der Waals surface area contributed by atoms with Gasteiger partial charge in [-0.2, -0.15) is 0 Å². The summed E-state index contributed by atoms with van der Waals surface area (Å²) < 4.78 is 0. The second kappa shape index (κ2) is 6.85. The Balaban J connectivity index is 3.11. The highest BCUT2D eigenvalue weighted by Crippen LogP contribution is 2.28. The lowest BCUT2D eigenvalue weighted by atomic mass is 9.94. The molecule has 0 aliphatic carbocycles. The Labute approximate surface area is 110 Å². The lowest BCUT2D eigenvalue weighted by Gasteiger charge is -2.13. The Hall–Kier alpha value is -1.76. The van der Waals surface area contributed by atoms with Crippen LogP contribution in [0.2, 0.25) is 0 Å². The van der Waals surface area contributed by atoms with Gasteiger partial charge in [-0.1, -0.05) is 24.3 Å². The van der Waals surface area contributed by atoms with E-state index in [2.05, 4.69) is 25.8 Å². The molecule has 1 N–H and O–H groups in total. The van der Waals surface area contributed by atoms with Crippen LogP contribution in [0.4, 0.5) is 0 Å². The van der Waals surface area contributed by atoms with E-state index in [1.165, 1.54) is 0 Å². The molecule has 1 rings (SSSR count). The van der Waals surface area contributed by atoms with Gasteiger partial charge in [-0.05, 0) is 61.4 Å². The third-order valence-corrected chi connectivity index (χ3v) is 3.00. The number of hydrogen-bond donors (Lipinski definition) is 1. The highest BCUT2D eigenvalue weighted by molar-refractivity contribution is 5.67. The fraction of sp³-hybridized carbons (Fsp3) is 0.294. The number of phenols is 1. The van der Waals surface area contributed by atoms with Crippen LogP contribution in [0.5, 0.6) is 5.75 Å². The second-order valence-electron chi connectivity index (χ2n) is 4.57. The molecule has 0 atom stereocenters. The van der Waals surface area contributed by atoms with Gasteiger partial charge >= 0.3 is 0 Å². The largest absolute Gasteiger partial charge is 0.508 e. The van der Waals surface area contributed by atoms with Crippen LogP contribution in [0.15, 0.2) is 44.0 Å². The summed E-state index contributed by atoms with van der Waals surface area (Å²) in [7, 11) is 0. The Morgan fingerprint density at radius 1 is 1.11 bits per heavy atom. The first-order chi connectivity index (χ1) is 8.60. The summed E-state index contributed by atoms with van der Waals surface area (Å²) in [5.41, 5.74) is 4.29. The van der Waals surface area contributed by atoms with Crippen molar-refractivity contribution in [3.8, 4) is 5.75 Å². The molecule has 0 bridgehead atoms. The molecule has 1 aromatic carbocycles. The van der Waals surface area contributed by atoms with E-state index in [1.54, 1.807) is 0 Å². The molecule has 0 radical (unpaired) electrons. The van der Waals surface area contributed by atoms with Crippen molar-refractivity contribution in [2.75, 3.05) is 0 Å². The zero-order valence-corrected chi connectivity index (χ0v) is 11.2. The number of benzene rings is 1. The molecule has 96 valence electrons. The minimum absolute atomic E-state index is 0.376. The summed E-state index contributed by atoms with van der Waals surface area (Å²) in [6.45, 7) is 13.5. The number of hydrogen-bond acceptors (Lipinski definition) is 1. The van der Waals surface area contributed by atoms with Crippen molar-refractivity contribution in [3.63, 3.8) is 0 Å². The Kier molecular flexibility index (Phi) is 5.44. The average Bonchev–Trinajstić information content (AvgIpc) is 2.34. The maximum Gasteiger partial charge on any atom is 0.119 e. The number of aromatic hydroxyl groups is 1. The monoisotopic (exact) mass is 242 g/mol. The molecular formula is C17H22O.